The number of benzene rings is 1. The Morgan fingerprint density at radius 1 is 1.26 bits per heavy atom. The van der Waals surface area contributed by atoms with Crippen molar-refractivity contribution in [2.75, 3.05) is 18.5 Å². The summed E-state index contributed by atoms with van der Waals surface area (Å²) in [6, 6.07) is 5.78. The number of amides is 1. The molecule has 1 aromatic rings. The fourth-order valence-electron chi connectivity index (χ4n) is 1.37. The highest BCUT2D eigenvalue weighted by Gasteiger charge is 2.03. The Hall–Kier alpha value is -1.88. The van der Waals surface area contributed by atoms with Crippen LogP contribution in [0.1, 0.15) is 30.6 Å². The molecule has 0 aliphatic heterocycles. The smallest absolute Gasteiger partial charge is 0.250 e. The number of nitrogens with one attached hydrogen (secondary N) is 1. The average Bonchev–Trinajstić information content (AvgIpc) is 2.35. The van der Waals surface area contributed by atoms with Crippen molar-refractivity contribution in [2.45, 2.75) is 20.3 Å². The van der Waals surface area contributed by atoms with Gasteiger partial charge in [0.1, 0.15) is 6.61 Å². The molecule has 5 heteroatoms. The SMILES string of the molecule is CC(C)CCOCC(=O)Nc1ccc(C(=O)[O-])cc1. The first kappa shape index (κ1) is 15.2. The second-order valence-electron chi connectivity index (χ2n) is 4.65. The van der Waals surface area contributed by atoms with Crippen LogP contribution < -0.4 is 10.4 Å². The van der Waals surface area contributed by atoms with E-state index >= 15 is 0 Å². The highest BCUT2D eigenvalue weighted by Crippen LogP contribution is 2.09. The summed E-state index contributed by atoms with van der Waals surface area (Å²) in [5.41, 5.74) is 0.605. The van der Waals surface area contributed by atoms with E-state index in [1.807, 2.05) is 0 Å². The number of anilines is 1. The van der Waals surface area contributed by atoms with Crippen molar-refractivity contribution in [3.05, 3.63) is 29.8 Å². The maximum atomic E-state index is 11.5. The van der Waals surface area contributed by atoms with Crippen molar-refractivity contribution < 1.29 is 19.4 Å². The Bertz CT molecular complexity index is 426. The van der Waals surface area contributed by atoms with E-state index in [4.69, 9.17) is 4.74 Å². The summed E-state index contributed by atoms with van der Waals surface area (Å²) in [5.74, 6) is -0.958. The van der Waals surface area contributed by atoms with E-state index in [2.05, 4.69) is 19.2 Å². The van der Waals surface area contributed by atoms with Gasteiger partial charge in [-0.1, -0.05) is 26.0 Å². The molecule has 1 rings (SSSR count). The average molecular weight is 264 g/mol. The van der Waals surface area contributed by atoms with E-state index in [1.54, 1.807) is 0 Å². The number of hydrogen-bond acceptors (Lipinski definition) is 4. The first-order valence-corrected chi connectivity index (χ1v) is 6.18. The third-order valence-corrected chi connectivity index (χ3v) is 2.48. The number of aromatic carboxylic acids is 1. The minimum absolute atomic E-state index is 0.00500. The molecule has 19 heavy (non-hydrogen) atoms. The van der Waals surface area contributed by atoms with E-state index in [1.165, 1.54) is 24.3 Å². The number of carboxylic acid groups (broad SMARTS) is 1. The van der Waals surface area contributed by atoms with Gasteiger partial charge in [0.2, 0.25) is 5.91 Å². The van der Waals surface area contributed by atoms with E-state index in [-0.39, 0.29) is 18.1 Å². The summed E-state index contributed by atoms with van der Waals surface area (Å²) in [7, 11) is 0. The molecule has 0 radical (unpaired) electrons. The van der Waals surface area contributed by atoms with Crippen molar-refractivity contribution in [2.24, 2.45) is 5.92 Å². The molecular formula is C14H18NO4-. The number of hydrogen-bond donors (Lipinski definition) is 1. The molecule has 0 saturated carbocycles. The molecule has 0 aliphatic carbocycles. The Balaban J connectivity index is 2.34. The van der Waals surface area contributed by atoms with Gasteiger partial charge in [-0.25, -0.2) is 0 Å². The molecule has 1 aromatic carbocycles. The summed E-state index contributed by atoms with van der Waals surface area (Å²) in [4.78, 5) is 22.1. The van der Waals surface area contributed by atoms with Crippen molar-refractivity contribution >= 4 is 17.6 Å². The molecule has 104 valence electrons. The van der Waals surface area contributed by atoms with Gasteiger partial charge in [-0.3, -0.25) is 4.79 Å². The summed E-state index contributed by atoms with van der Waals surface area (Å²) < 4.78 is 5.22. The molecule has 0 atom stereocenters. The van der Waals surface area contributed by atoms with E-state index in [9.17, 15) is 14.7 Å². The van der Waals surface area contributed by atoms with E-state index < -0.39 is 5.97 Å². The zero-order valence-corrected chi connectivity index (χ0v) is 11.1. The third-order valence-electron chi connectivity index (χ3n) is 2.48. The van der Waals surface area contributed by atoms with Crippen LogP contribution in [0.2, 0.25) is 0 Å². The Kier molecular flexibility index (Phi) is 6.02. The van der Waals surface area contributed by atoms with Gasteiger partial charge in [0.25, 0.3) is 0 Å². The molecule has 0 saturated heterocycles. The summed E-state index contributed by atoms with van der Waals surface area (Å²) in [5, 5.41) is 13.2. The van der Waals surface area contributed by atoms with Gasteiger partial charge in [0.15, 0.2) is 0 Å². The lowest BCUT2D eigenvalue weighted by Gasteiger charge is -2.08. The van der Waals surface area contributed by atoms with Gasteiger partial charge in [0, 0.05) is 12.3 Å². The minimum Gasteiger partial charge on any atom is -0.545 e. The number of carboxylic acids is 1. The molecule has 0 aromatic heterocycles. The van der Waals surface area contributed by atoms with Gasteiger partial charge in [0.05, 0.1) is 5.97 Å². The van der Waals surface area contributed by atoms with Crippen LogP contribution in [0.25, 0.3) is 0 Å². The quantitative estimate of drug-likeness (QED) is 0.747. The molecule has 0 unspecified atom stereocenters. The second-order valence-corrected chi connectivity index (χ2v) is 4.65. The van der Waals surface area contributed by atoms with Crippen LogP contribution in [-0.4, -0.2) is 25.1 Å². The molecular weight excluding hydrogens is 246 g/mol. The third kappa shape index (κ3) is 6.01. The van der Waals surface area contributed by atoms with Crippen LogP contribution in [-0.2, 0) is 9.53 Å². The van der Waals surface area contributed by atoms with Crippen LogP contribution in [0.3, 0.4) is 0 Å². The molecule has 0 spiro atoms. The second kappa shape index (κ2) is 7.53. The van der Waals surface area contributed by atoms with Crippen molar-refractivity contribution in [1.82, 2.24) is 0 Å². The van der Waals surface area contributed by atoms with E-state index in [0.29, 0.717) is 18.2 Å². The van der Waals surface area contributed by atoms with Crippen LogP contribution >= 0.6 is 0 Å². The Morgan fingerprint density at radius 2 is 1.89 bits per heavy atom. The predicted molar refractivity (Wildman–Crippen MR) is 69.7 cm³/mol. The minimum atomic E-state index is -1.24. The van der Waals surface area contributed by atoms with Crippen LogP contribution in [0.5, 0.6) is 0 Å². The highest BCUT2D eigenvalue weighted by molar-refractivity contribution is 5.92. The molecule has 0 fully saturated rings. The fraction of sp³-hybridized carbons (Fsp3) is 0.429. The molecule has 1 amide bonds. The molecule has 0 bridgehead atoms. The summed E-state index contributed by atoms with van der Waals surface area (Å²) in [6.45, 7) is 4.72. The van der Waals surface area contributed by atoms with Gasteiger partial charge in [-0.2, -0.15) is 0 Å². The zero-order chi connectivity index (χ0) is 14.3. The summed E-state index contributed by atoms with van der Waals surface area (Å²) >= 11 is 0. The van der Waals surface area contributed by atoms with Gasteiger partial charge in [-0.05, 0) is 30.0 Å². The first-order valence-electron chi connectivity index (χ1n) is 6.18. The Morgan fingerprint density at radius 3 is 2.42 bits per heavy atom. The number of ether oxygens (including phenoxy) is 1. The lowest BCUT2D eigenvalue weighted by atomic mass is 10.1. The zero-order valence-electron chi connectivity index (χ0n) is 11.1. The van der Waals surface area contributed by atoms with Gasteiger partial charge >= 0.3 is 0 Å². The monoisotopic (exact) mass is 264 g/mol. The van der Waals surface area contributed by atoms with Gasteiger partial charge in [-0.15, -0.1) is 0 Å². The maximum absolute atomic E-state index is 11.5. The lowest BCUT2D eigenvalue weighted by molar-refractivity contribution is -0.255. The largest absolute Gasteiger partial charge is 0.545 e. The molecule has 0 heterocycles. The topological polar surface area (TPSA) is 78.5 Å². The van der Waals surface area contributed by atoms with Crippen LogP contribution in [0, 0.1) is 5.92 Å². The Labute approximate surface area is 112 Å². The van der Waals surface area contributed by atoms with Crippen molar-refractivity contribution in [1.29, 1.82) is 0 Å². The van der Waals surface area contributed by atoms with Crippen molar-refractivity contribution in [3.63, 3.8) is 0 Å². The lowest BCUT2D eigenvalue weighted by Crippen LogP contribution is -2.22. The normalized spacial score (nSPS) is 10.5. The van der Waals surface area contributed by atoms with Crippen LogP contribution in [0.15, 0.2) is 24.3 Å². The summed E-state index contributed by atoms with van der Waals surface area (Å²) in [6.07, 6.45) is 0.910. The molecule has 0 aliphatic rings. The molecule has 1 N–H and O–H groups in total. The highest BCUT2D eigenvalue weighted by atomic mass is 16.5. The number of carbonyl (C=O) groups excluding carboxylic acids is 2. The number of carbonyl (C=O) groups is 2. The standard InChI is InChI=1S/C14H19NO4/c1-10(2)7-8-19-9-13(16)15-12-5-3-11(4-6-12)14(17)18/h3-6,10H,7-9H2,1-2H3,(H,15,16)(H,17,18)/p-1. The maximum Gasteiger partial charge on any atom is 0.250 e. The fourth-order valence-corrected chi connectivity index (χ4v) is 1.37. The predicted octanol–water partition coefficient (Wildman–Crippen LogP) is 1.05. The van der Waals surface area contributed by atoms with Crippen LogP contribution in [0.4, 0.5) is 5.69 Å². The van der Waals surface area contributed by atoms with Gasteiger partial charge < -0.3 is 20.0 Å². The van der Waals surface area contributed by atoms with E-state index in [0.717, 1.165) is 6.42 Å². The number of rotatable bonds is 7. The molecule has 5 nitrogen and oxygen atoms in total. The first-order chi connectivity index (χ1) is 8.99. The van der Waals surface area contributed by atoms with Crippen molar-refractivity contribution in [3.8, 4) is 0 Å².